The van der Waals surface area contributed by atoms with Crippen molar-refractivity contribution in [2.45, 2.75) is 19.3 Å². The minimum absolute atomic E-state index is 0.115. The molecule has 1 aliphatic carbocycles. The Morgan fingerprint density at radius 3 is 1.91 bits per heavy atom. The van der Waals surface area contributed by atoms with Crippen LogP contribution in [0.15, 0.2) is 223 Å². The van der Waals surface area contributed by atoms with Crippen LogP contribution in [0.3, 0.4) is 0 Å². The van der Waals surface area contributed by atoms with Gasteiger partial charge in [-0.2, -0.15) is 0 Å². The van der Waals surface area contributed by atoms with Gasteiger partial charge in [-0.15, -0.1) is 0 Å². The molecule has 0 radical (unpaired) electrons. The number of hydrogen-bond donors (Lipinski definition) is 0. The smallest absolute Gasteiger partial charge is 0.143 e. The normalized spacial score (nSPS) is 13.0. The second kappa shape index (κ2) is 13.9. The van der Waals surface area contributed by atoms with Gasteiger partial charge in [-0.25, -0.2) is 0 Å². The number of anilines is 3. The molecule has 0 atom stereocenters. The SMILES string of the molecule is CC1(C)c2ccccc2-c2ccc(N(c3ccc(-c4ccc5c(c4)c4cc6c(ccc7c8ccccc8oc67)cc4n5-c4ccccc4)cc3)c3cccc(-c4ccccc4)c3)cc21. The summed E-state index contributed by atoms with van der Waals surface area (Å²) >= 11 is 0. The first-order valence-corrected chi connectivity index (χ1v) is 22.2. The lowest BCUT2D eigenvalue weighted by Gasteiger charge is -2.28. The van der Waals surface area contributed by atoms with Gasteiger partial charge in [0.05, 0.1) is 11.0 Å². The lowest BCUT2D eigenvalue weighted by atomic mass is 9.82. The number of para-hydroxylation sites is 2. The van der Waals surface area contributed by atoms with Crippen molar-refractivity contribution in [2.75, 3.05) is 4.90 Å². The summed E-state index contributed by atoms with van der Waals surface area (Å²) in [6.45, 7) is 4.71. The summed E-state index contributed by atoms with van der Waals surface area (Å²) in [6.07, 6.45) is 0. The quantitative estimate of drug-likeness (QED) is 0.167. The number of hydrogen-bond acceptors (Lipinski definition) is 2. The van der Waals surface area contributed by atoms with E-state index in [0.717, 1.165) is 61.0 Å². The molecule has 302 valence electrons. The van der Waals surface area contributed by atoms with Crippen molar-refractivity contribution in [1.29, 1.82) is 0 Å². The molecule has 0 saturated carbocycles. The van der Waals surface area contributed by atoms with Crippen LogP contribution in [-0.4, -0.2) is 4.57 Å². The van der Waals surface area contributed by atoms with Crippen LogP contribution < -0.4 is 4.90 Å². The summed E-state index contributed by atoms with van der Waals surface area (Å²) in [5.74, 6) is 0. The lowest BCUT2D eigenvalue weighted by Crippen LogP contribution is -2.16. The molecule has 10 aromatic carbocycles. The second-order valence-corrected chi connectivity index (χ2v) is 17.7. The molecule has 0 N–H and O–H groups in total. The molecule has 2 aromatic heterocycles. The maximum Gasteiger partial charge on any atom is 0.143 e. The lowest BCUT2D eigenvalue weighted by molar-refractivity contribution is 0.660. The van der Waals surface area contributed by atoms with Crippen LogP contribution >= 0.6 is 0 Å². The maximum atomic E-state index is 6.57. The van der Waals surface area contributed by atoms with E-state index in [1.165, 1.54) is 60.8 Å². The van der Waals surface area contributed by atoms with Gasteiger partial charge in [0.25, 0.3) is 0 Å². The van der Waals surface area contributed by atoms with Crippen molar-refractivity contribution in [3.05, 3.63) is 230 Å². The minimum Gasteiger partial charge on any atom is -0.455 e. The average Bonchev–Trinajstić information content (AvgIpc) is 3.96. The van der Waals surface area contributed by atoms with Gasteiger partial charge in [0, 0.05) is 55.1 Å². The highest BCUT2D eigenvalue weighted by Crippen LogP contribution is 2.51. The second-order valence-electron chi connectivity index (χ2n) is 17.7. The van der Waals surface area contributed by atoms with Crippen molar-refractivity contribution < 1.29 is 4.42 Å². The third kappa shape index (κ3) is 5.54. The molecule has 0 bridgehead atoms. The molecule has 1 aliphatic rings. The highest BCUT2D eigenvalue weighted by Gasteiger charge is 2.35. The van der Waals surface area contributed by atoms with Gasteiger partial charge >= 0.3 is 0 Å². The highest BCUT2D eigenvalue weighted by molar-refractivity contribution is 6.21. The van der Waals surface area contributed by atoms with E-state index in [0.29, 0.717) is 0 Å². The molecule has 3 nitrogen and oxygen atoms in total. The number of aromatic nitrogens is 1. The third-order valence-electron chi connectivity index (χ3n) is 13.8. The van der Waals surface area contributed by atoms with Crippen LogP contribution in [0.25, 0.3) is 93.6 Å². The summed E-state index contributed by atoms with van der Waals surface area (Å²) in [6, 6.07) is 79.7. The van der Waals surface area contributed by atoms with Crippen LogP contribution in [0.4, 0.5) is 17.1 Å². The molecule has 13 rings (SSSR count). The van der Waals surface area contributed by atoms with Gasteiger partial charge < -0.3 is 13.9 Å². The van der Waals surface area contributed by atoms with Crippen LogP contribution in [0.2, 0.25) is 0 Å². The Labute approximate surface area is 371 Å². The van der Waals surface area contributed by atoms with E-state index in [4.69, 9.17) is 4.42 Å². The van der Waals surface area contributed by atoms with Gasteiger partial charge in [0.15, 0.2) is 0 Å². The fraction of sp³-hybridized carbons (Fsp3) is 0.0492. The molecule has 0 aliphatic heterocycles. The molecule has 0 fully saturated rings. The van der Waals surface area contributed by atoms with E-state index in [-0.39, 0.29) is 5.41 Å². The molecule has 0 amide bonds. The zero-order chi connectivity index (χ0) is 42.5. The first-order valence-electron chi connectivity index (χ1n) is 22.2. The standard InChI is InChI=1S/C61H42N2O/c1-61(2)55-22-11-9-20-48(55)49-32-30-47(37-56(49)61)62(46-19-13-16-41(34-46)39-14-5-3-6-15-39)45-28-24-40(25-29-45)42-27-33-57-53(35-42)54-38-52-43(36-58(54)63(57)44-17-7-4-8-18-44)26-31-51-50-21-10-12-23-59(50)64-60(51)52/h3-38H,1-2H3. The van der Waals surface area contributed by atoms with Crippen molar-refractivity contribution in [3.63, 3.8) is 0 Å². The summed E-state index contributed by atoms with van der Waals surface area (Å²) < 4.78 is 8.97. The topological polar surface area (TPSA) is 21.3 Å². The zero-order valence-electron chi connectivity index (χ0n) is 35.6. The Morgan fingerprint density at radius 2 is 1.05 bits per heavy atom. The van der Waals surface area contributed by atoms with Crippen LogP contribution in [-0.2, 0) is 5.41 Å². The molecule has 0 saturated heterocycles. The minimum atomic E-state index is -0.115. The molecule has 0 spiro atoms. The number of rotatable bonds is 6. The first-order chi connectivity index (χ1) is 31.5. The highest BCUT2D eigenvalue weighted by atomic mass is 16.3. The monoisotopic (exact) mass is 818 g/mol. The van der Waals surface area contributed by atoms with Crippen LogP contribution in [0, 0.1) is 0 Å². The van der Waals surface area contributed by atoms with E-state index in [1.54, 1.807) is 0 Å². The predicted octanol–water partition coefficient (Wildman–Crippen LogP) is 16.9. The van der Waals surface area contributed by atoms with Gasteiger partial charge in [0.2, 0.25) is 0 Å². The Morgan fingerprint density at radius 1 is 0.391 bits per heavy atom. The summed E-state index contributed by atoms with van der Waals surface area (Å²) in [5, 5.41) is 6.97. The Bertz CT molecular complexity index is 3800. The van der Waals surface area contributed by atoms with Gasteiger partial charge in [-0.05, 0) is 135 Å². The third-order valence-corrected chi connectivity index (χ3v) is 13.8. The first kappa shape index (κ1) is 36.5. The Hall–Kier alpha value is -8.14. The van der Waals surface area contributed by atoms with Crippen molar-refractivity contribution in [3.8, 4) is 39.1 Å². The van der Waals surface area contributed by atoms with E-state index >= 15 is 0 Å². The van der Waals surface area contributed by atoms with E-state index < -0.39 is 0 Å². The summed E-state index contributed by atoms with van der Waals surface area (Å²) in [5.41, 5.74) is 18.7. The molecular weight excluding hydrogens is 777 g/mol. The zero-order valence-corrected chi connectivity index (χ0v) is 35.6. The number of benzene rings is 10. The molecule has 0 unspecified atom stereocenters. The number of nitrogens with zero attached hydrogens (tertiary/aromatic N) is 2. The van der Waals surface area contributed by atoms with E-state index in [1.807, 2.05) is 6.07 Å². The van der Waals surface area contributed by atoms with Crippen molar-refractivity contribution in [2.24, 2.45) is 0 Å². The summed E-state index contributed by atoms with van der Waals surface area (Å²) in [7, 11) is 0. The molecular formula is C61H42N2O. The van der Waals surface area contributed by atoms with Gasteiger partial charge in [-0.3, -0.25) is 0 Å². The summed E-state index contributed by atoms with van der Waals surface area (Å²) in [4.78, 5) is 2.41. The average molecular weight is 819 g/mol. The van der Waals surface area contributed by atoms with Gasteiger partial charge in [0.1, 0.15) is 11.2 Å². The van der Waals surface area contributed by atoms with Crippen molar-refractivity contribution in [1.82, 2.24) is 4.57 Å². The molecule has 64 heavy (non-hydrogen) atoms. The Balaban J connectivity index is 0.959. The van der Waals surface area contributed by atoms with Crippen LogP contribution in [0.5, 0.6) is 0 Å². The Kier molecular flexibility index (Phi) is 7.95. The predicted molar refractivity (Wildman–Crippen MR) is 269 cm³/mol. The molecule has 2 heterocycles. The number of fused-ring (bicyclic) bond motifs is 11. The molecule has 3 heteroatoms. The maximum absolute atomic E-state index is 6.57. The fourth-order valence-electron chi connectivity index (χ4n) is 10.6. The van der Waals surface area contributed by atoms with E-state index in [2.05, 4.69) is 236 Å². The number of furan rings is 1. The van der Waals surface area contributed by atoms with E-state index in [9.17, 15) is 0 Å². The van der Waals surface area contributed by atoms with Crippen LogP contribution in [0.1, 0.15) is 25.0 Å². The van der Waals surface area contributed by atoms with Gasteiger partial charge in [-0.1, -0.05) is 147 Å². The van der Waals surface area contributed by atoms with Crippen molar-refractivity contribution >= 4 is 71.6 Å². The fourth-order valence-corrected chi connectivity index (χ4v) is 10.6. The molecule has 12 aromatic rings. The largest absolute Gasteiger partial charge is 0.455 e.